The van der Waals surface area contributed by atoms with Crippen molar-refractivity contribution >= 4 is 17.2 Å². The summed E-state index contributed by atoms with van der Waals surface area (Å²) in [6.45, 7) is 0.562. The minimum absolute atomic E-state index is 0.562. The van der Waals surface area contributed by atoms with Crippen LogP contribution < -0.4 is 10.7 Å². The van der Waals surface area contributed by atoms with Crippen molar-refractivity contribution in [2.24, 2.45) is 9.98 Å². The lowest BCUT2D eigenvalue weighted by atomic mass is 10.3. The summed E-state index contributed by atoms with van der Waals surface area (Å²) in [5.41, 5.74) is 0. The van der Waals surface area contributed by atoms with Gasteiger partial charge in [0.05, 0.1) is 17.3 Å². The molecule has 0 radical (unpaired) electrons. The average Bonchev–Trinajstić information content (AvgIpc) is 2.04. The maximum atomic E-state index is 4.92. The van der Waals surface area contributed by atoms with E-state index >= 15 is 0 Å². The lowest BCUT2D eigenvalue weighted by Crippen LogP contribution is -2.30. The predicted molar refractivity (Wildman–Crippen MR) is 46.2 cm³/mol. The lowest BCUT2D eigenvalue weighted by Gasteiger charge is -1.98. The monoisotopic (exact) mass is 162 g/mol. The quantitative estimate of drug-likeness (QED) is 0.502. The molecule has 0 unspecified atom stereocenters. The summed E-state index contributed by atoms with van der Waals surface area (Å²) < 4.78 is 0. The molecule has 11 heavy (non-hydrogen) atoms. The number of benzene rings is 1. The summed E-state index contributed by atoms with van der Waals surface area (Å²) in [4.78, 5) is 9.09. The molecule has 2 rings (SSSR count). The molecule has 0 aromatic heterocycles. The number of para-hydroxylation sites is 2. The molecule has 2 nitrogen and oxygen atoms in total. The third kappa shape index (κ3) is 1.19. The van der Waals surface area contributed by atoms with Crippen LogP contribution >= 0.6 is 12.2 Å². The van der Waals surface area contributed by atoms with Crippen LogP contribution in [0.3, 0.4) is 0 Å². The van der Waals surface area contributed by atoms with Crippen LogP contribution in [0.15, 0.2) is 34.3 Å². The number of thiocarbonyl (C=S) groups is 1. The molecule has 1 heterocycles. The van der Waals surface area contributed by atoms with Crippen LogP contribution in [0.5, 0.6) is 0 Å². The Morgan fingerprint density at radius 1 is 1.18 bits per heavy atom. The minimum atomic E-state index is 0.562. The van der Waals surface area contributed by atoms with Crippen LogP contribution in [0.4, 0.5) is 0 Å². The van der Waals surface area contributed by atoms with E-state index in [1.807, 2.05) is 24.3 Å². The van der Waals surface area contributed by atoms with Crippen molar-refractivity contribution in [3.63, 3.8) is 0 Å². The Morgan fingerprint density at radius 2 is 1.91 bits per heavy atom. The fraction of sp³-hybridized carbons (Fsp3) is 0.125. The number of hydrogen-bond acceptors (Lipinski definition) is 2. The molecule has 3 heteroatoms. The fourth-order valence-corrected chi connectivity index (χ4v) is 1.18. The highest BCUT2D eigenvalue weighted by molar-refractivity contribution is 7.80. The molecule has 0 atom stereocenters. The van der Waals surface area contributed by atoms with Gasteiger partial charge in [-0.1, -0.05) is 24.4 Å². The molecule has 1 aliphatic rings. The Bertz CT molecular complexity index is 408. The van der Waals surface area contributed by atoms with Crippen LogP contribution in [0.2, 0.25) is 0 Å². The molecule has 0 N–H and O–H groups in total. The first-order valence-corrected chi connectivity index (χ1v) is 3.78. The van der Waals surface area contributed by atoms with Gasteiger partial charge in [-0.2, -0.15) is 0 Å². The molecular formula is C8H6N2S. The summed E-state index contributed by atoms with van der Waals surface area (Å²) in [7, 11) is 0. The molecule has 1 aliphatic heterocycles. The normalized spacial score (nSPS) is 14.7. The van der Waals surface area contributed by atoms with Gasteiger partial charge in [0.2, 0.25) is 0 Å². The Labute approximate surface area is 69.3 Å². The molecule has 0 bridgehead atoms. The highest BCUT2D eigenvalue weighted by Crippen LogP contribution is 1.84. The number of hydrogen-bond donors (Lipinski definition) is 0. The van der Waals surface area contributed by atoms with E-state index in [1.54, 1.807) is 0 Å². The third-order valence-electron chi connectivity index (χ3n) is 1.51. The van der Waals surface area contributed by atoms with E-state index in [9.17, 15) is 0 Å². The van der Waals surface area contributed by atoms with Crippen molar-refractivity contribution in [1.82, 2.24) is 0 Å². The molecular weight excluding hydrogens is 156 g/mol. The van der Waals surface area contributed by atoms with Gasteiger partial charge in [0.15, 0.2) is 0 Å². The first kappa shape index (κ1) is 6.61. The Morgan fingerprint density at radius 3 is 2.73 bits per heavy atom. The zero-order chi connectivity index (χ0) is 7.68. The number of fused-ring (bicyclic) bond motifs is 1. The molecule has 0 saturated carbocycles. The Kier molecular flexibility index (Phi) is 1.51. The van der Waals surface area contributed by atoms with Gasteiger partial charge < -0.3 is 0 Å². The summed E-state index contributed by atoms with van der Waals surface area (Å²) in [6, 6.07) is 7.75. The van der Waals surface area contributed by atoms with Crippen molar-refractivity contribution in [2.45, 2.75) is 0 Å². The van der Waals surface area contributed by atoms with Crippen molar-refractivity contribution in [3.8, 4) is 0 Å². The van der Waals surface area contributed by atoms with Crippen molar-refractivity contribution in [2.75, 3.05) is 6.54 Å². The van der Waals surface area contributed by atoms with E-state index < -0.39 is 0 Å². The van der Waals surface area contributed by atoms with E-state index in [4.69, 9.17) is 12.2 Å². The molecule has 0 spiro atoms. The SMILES string of the molecule is S=C1CN=c2ccccc2=N1. The average molecular weight is 162 g/mol. The van der Waals surface area contributed by atoms with Crippen LogP contribution in [0.25, 0.3) is 0 Å². The van der Waals surface area contributed by atoms with Crippen LogP contribution in [-0.4, -0.2) is 11.5 Å². The molecule has 0 saturated heterocycles. The van der Waals surface area contributed by atoms with E-state index in [-0.39, 0.29) is 0 Å². The van der Waals surface area contributed by atoms with Crippen LogP contribution in [0, 0.1) is 0 Å². The highest BCUT2D eigenvalue weighted by Gasteiger charge is 1.97. The number of rotatable bonds is 0. The van der Waals surface area contributed by atoms with E-state index in [0.717, 1.165) is 10.7 Å². The molecule has 1 aromatic carbocycles. The molecule has 0 fully saturated rings. The topological polar surface area (TPSA) is 24.7 Å². The second-order valence-corrected chi connectivity index (χ2v) is 2.78. The summed E-state index contributed by atoms with van der Waals surface area (Å²) in [5.74, 6) is 0. The fourth-order valence-electron chi connectivity index (χ4n) is 1.01. The van der Waals surface area contributed by atoms with Crippen molar-refractivity contribution < 1.29 is 0 Å². The van der Waals surface area contributed by atoms with Gasteiger partial charge in [-0.3, -0.25) is 4.99 Å². The van der Waals surface area contributed by atoms with Crippen LogP contribution in [0.1, 0.15) is 0 Å². The van der Waals surface area contributed by atoms with Gasteiger partial charge in [-0.05, 0) is 12.1 Å². The minimum Gasteiger partial charge on any atom is -0.276 e. The third-order valence-corrected chi connectivity index (χ3v) is 1.73. The molecule has 0 amide bonds. The maximum Gasteiger partial charge on any atom is 0.125 e. The zero-order valence-corrected chi connectivity index (χ0v) is 6.64. The standard InChI is InChI=1S/C8H6N2S/c11-8-5-9-6-3-1-2-4-7(6)10-8/h1-4H,5H2. The van der Waals surface area contributed by atoms with Gasteiger partial charge in [0.1, 0.15) is 4.99 Å². The zero-order valence-electron chi connectivity index (χ0n) is 5.82. The molecule has 54 valence electrons. The maximum absolute atomic E-state index is 4.92. The predicted octanol–water partition coefficient (Wildman–Crippen LogP) is 0.267. The first-order valence-electron chi connectivity index (χ1n) is 3.37. The smallest absolute Gasteiger partial charge is 0.125 e. The van der Waals surface area contributed by atoms with E-state index in [2.05, 4.69) is 9.98 Å². The number of nitrogens with zero attached hydrogens (tertiary/aromatic N) is 2. The summed E-state index contributed by atoms with van der Waals surface area (Å²) >= 11 is 4.92. The Hall–Kier alpha value is -1.09. The van der Waals surface area contributed by atoms with Gasteiger partial charge in [-0.25, -0.2) is 4.99 Å². The second-order valence-electron chi connectivity index (χ2n) is 2.31. The van der Waals surface area contributed by atoms with Gasteiger partial charge in [0.25, 0.3) is 0 Å². The van der Waals surface area contributed by atoms with Crippen LogP contribution in [-0.2, 0) is 0 Å². The van der Waals surface area contributed by atoms with Gasteiger partial charge in [-0.15, -0.1) is 0 Å². The summed E-state index contributed by atoms with van der Waals surface area (Å²) in [5, 5.41) is 1.84. The largest absolute Gasteiger partial charge is 0.276 e. The van der Waals surface area contributed by atoms with Crippen molar-refractivity contribution in [1.29, 1.82) is 0 Å². The first-order chi connectivity index (χ1) is 5.36. The molecule has 0 aliphatic carbocycles. The van der Waals surface area contributed by atoms with E-state index in [1.165, 1.54) is 0 Å². The lowest BCUT2D eigenvalue weighted by molar-refractivity contribution is 1.09. The second kappa shape index (κ2) is 2.51. The van der Waals surface area contributed by atoms with Gasteiger partial charge >= 0.3 is 0 Å². The van der Waals surface area contributed by atoms with Crippen molar-refractivity contribution in [3.05, 3.63) is 35.0 Å². The van der Waals surface area contributed by atoms with E-state index in [0.29, 0.717) is 11.5 Å². The Balaban J connectivity index is 2.83. The molecule has 1 aromatic rings. The van der Waals surface area contributed by atoms with Gasteiger partial charge in [0, 0.05) is 0 Å². The summed E-state index contributed by atoms with van der Waals surface area (Å²) in [6.07, 6.45) is 0. The highest BCUT2D eigenvalue weighted by atomic mass is 32.1.